The zero-order chi connectivity index (χ0) is 13.7. The minimum atomic E-state index is -0.665. The number of benzene rings is 1. The molecule has 102 valence electrons. The van der Waals surface area contributed by atoms with Gasteiger partial charge in [0.05, 0.1) is 0 Å². The van der Waals surface area contributed by atoms with Crippen LogP contribution in [0.1, 0.15) is 19.2 Å². The summed E-state index contributed by atoms with van der Waals surface area (Å²) in [5.41, 5.74) is 0.253. The molecule has 6 heteroatoms. The highest BCUT2D eigenvalue weighted by molar-refractivity contribution is 5.52. The van der Waals surface area contributed by atoms with Gasteiger partial charge >= 0.3 is 0 Å². The summed E-state index contributed by atoms with van der Waals surface area (Å²) in [6.07, 6.45) is 1.50. The Labute approximate surface area is 109 Å². The normalized spacial score (nSPS) is 10.9. The molecule has 0 fully saturated rings. The number of nitrogens with one attached hydrogen (secondary N) is 1. The molecule has 0 atom stereocenters. The second kappa shape index (κ2) is 6.38. The van der Waals surface area contributed by atoms with Crippen LogP contribution in [0.15, 0.2) is 22.6 Å². The van der Waals surface area contributed by atoms with Gasteiger partial charge in [-0.1, -0.05) is 6.92 Å². The van der Waals surface area contributed by atoms with E-state index in [2.05, 4.69) is 15.5 Å². The molecule has 2 rings (SSSR count). The average molecular weight is 267 g/mol. The molecule has 1 aromatic heterocycles. The van der Waals surface area contributed by atoms with Crippen molar-refractivity contribution in [3.05, 3.63) is 35.7 Å². The van der Waals surface area contributed by atoms with Gasteiger partial charge in [-0.15, -0.1) is 10.2 Å². The van der Waals surface area contributed by atoms with Gasteiger partial charge in [0.2, 0.25) is 11.8 Å². The number of aromatic nitrogens is 2. The van der Waals surface area contributed by atoms with E-state index in [-0.39, 0.29) is 11.5 Å². The minimum Gasteiger partial charge on any atom is -0.421 e. The highest BCUT2D eigenvalue weighted by Crippen LogP contribution is 2.20. The number of nitrogens with zero attached hydrogens (tertiary/aromatic N) is 2. The van der Waals surface area contributed by atoms with Crippen molar-refractivity contribution in [2.75, 3.05) is 13.1 Å². The van der Waals surface area contributed by atoms with Gasteiger partial charge in [-0.2, -0.15) is 0 Å². The quantitative estimate of drug-likeness (QED) is 0.817. The molecule has 0 aliphatic heterocycles. The first kappa shape index (κ1) is 13.6. The molecule has 0 amide bonds. The van der Waals surface area contributed by atoms with E-state index in [1.807, 2.05) is 6.92 Å². The summed E-state index contributed by atoms with van der Waals surface area (Å²) in [5, 5.41) is 10.8. The van der Waals surface area contributed by atoms with Crippen LogP contribution < -0.4 is 5.32 Å². The van der Waals surface area contributed by atoms with Crippen LogP contribution in [-0.2, 0) is 6.42 Å². The first-order valence-electron chi connectivity index (χ1n) is 6.18. The topological polar surface area (TPSA) is 51.0 Å². The van der Waals surface area contributed by atoms with Crippen LogP contribution in [0, 0.1) is 11.6 Å². The fourth-order valence-electron chi connectivity index (χ4n) is 1.69. The molecular formula is C13H15F2N3O. The van der Waals surface area contributed by atoms with Crippen molar-refractivity contribution < 1.29 is 13.2 Å². The van der Waals surface area contributed by atoms with Crippen LogP contribution in [0.5, 0.6) is 0 Å². The van der Waals surface area contributed by atoms with Gasteiger partial charge < -0.3 is 9.73 Å². The SMILES string of the molecule is CCNCCCc1nnc(-c2cc(F)cc(F)c2)o1. The van der Waals surface area contributed by atoms with Crippen molar-refractivity contribution in [1.82, 2.24) is 15.5 Å². The standard InChI is InChI=1S/C13H15F2N3O/c1-2-16-5-3-4-12-17-18-13(19-12)9-6-10(14)8-11(15)7-9/h6-8,16H,2-5H2,1H3. The van der Waals surface area contributed by atoms with Crippen LogP contribution >= 0.6 is 0 Å². The minimum absolute atomic E-state index is 0.136. The molecule has 19 heavy (non-hydrogen) atoms. The first-order valence-corrected chi connectivity index (χ1v) is 6.18. The summed E-state index contributed by atoms with van der Waals surface area (Å²) < 4.78 is 31.5. The van der Waals surface area contributed by atoms with Crippen LogP contribution in [0.25, 0.3) is 11.5 Å². The number of rotatable bonds is 6. The lowest BCUT2D eigenvalue weighted by Gasteiger charge is -1.98. The first-order chi connectivity index (χ1) is 9.19. The third kappa shape index (κ3) is 3.82. The van der Waals surface area contributed by atoms with Crippen molar-refractivity contribution >= 4 is 0 Å². The van der Waals surface area contributed by atoms with Crippen molar-refractivity contribution in [2.45, 2.75) is 19.8 Å². The Bertz CT molecular complexity index is 522. The van der Waals surface area contributed by atoms with Gasteiger partial charge in [0.1, 0.15) is 11.6 Å². The van der Waals surface area contributed by atoms with E-state index in [1.54, 1.807) is 0 Å². The van der Waals surface area contributed by atoms with E-state index in [0.717, 1.165) is 25.6 Å². The Morgan fingerprint density at radius 2 is 1.89 bits per heavy atom. The zero-order valence-corrected chi connectivity index (χ0v) is 10.6. The summed E-state index contributed by atoms with van der Waals surface area (Å²) in [6, 6.07) is 3.13. The van der Waals surface area contributed by atoms with E-state index in [0.29, 0.717) is 12.3 Å². The molecule has 0 aliphatic carbocycles. The van der Waals surface area contributed by atoms with E-state index < -0.39 is 11.6 Å². The third-order valence-electron chi connectivity index (χ3n) is 2.57. The highest BCUT2D eigenvalue weighted by atomic mass is 19.1. The van der Waals surface area contributed by atoms with Crippen LogP contribution in [-0.4, -0.2) is 23.3 Å². The lowest BCUT2D eigenvalue weighted by Crippen LogP contribution is -2.14. The molecule has 0 aliphatic rings. The van der Waals surface area contributed by atoms with Gasteiger partial charge in [0.25, 0.3) is 0 Å². The van der Waals surface area contributed by atoms with E-state index in [4.69, 9.17) is 4.42 Å². The smallest absolute Gasteiger partial charge is 0.247 e. The monoisotopic (exact) mass is 267 g/mol. The third-order valence-corrected chi connectivity index (χ3v) is 2.57. The second-order valence-electron chi connectivity index (χ2n) is 4.12. The summed E-state index contributed by atoms with van der Waals surface area (Å²) >= 11 is 0. The number of halogens is 2. The molecule has 1 aromatic carbocycles. The van der Waals surface area contributed by atoms with Gasteiger partial charge in [-0.3, -0.25) is 0 Å². The van der Waals surface area contributed by atoms with E-state index in [9.17, 15) is 8.78 Å². The Morgan fingerprint density at radius 3 is 2.58 bits per heavy atom. The fraction of sp³-hybridized carbons (Fsp3) is 0.385. The van der Waals surface area contributed by atoms with Crippen molar-refractivity contribution in [1.29, 1.82) is 0 Å². The molecule has 2 aromatic rings. The Hall–Kier alpha value is -1.82. The molecule has 0 saturated carbocycles. The molecule has 0 bridgehead atoms. The predicted octanol–water partition coefficient (Wildman–Crippen LogP) is 2.56. The van der Waals surface area contributed by atoms with Gasteiger partial charge in [0, 0.05) is 18.1 Å². The molecule has 1 N–H and O–H groups in total. The molecule has 0 spiro atoms. The molecule has 0 saturated heterocycles. The number of hydrogen-bond donors (Lipinski definition) is 1. The number of hydrogen-bond acceptors (Lipinski definition) is 4. The van der Waals surface area contributed by atoms with E-state index in [1.165, 1.54) is 12.1 Å². The summed E-state index contributed by atoms with van der Waals surface area (Å²) in [6.45, 7) is 3.81. The van der Waals surface area contributed by atoms with Crippen molar-refractivity contribution in [2.24, 2.45) is 0 Å². The molecule has 1 heterocycles. The maximum Gasteiger partial charge on any atom is 0.247 e. The number of aryl methyl sites for hydroxylation is 1. The molecule has 0 unspecified atom stereocenters. The zero-order valence-electron chi connectivity index (χ0n) is 10.6. The maximum atomic E-state index is 13.1. The lowest BCUT2D eigenvalue weighted by atomic mass is 10.2. The van der Waals surface area contributed by atoms with Gasteiger partial charge in [-0.05, 0) is 31.6 Å². The molecule has 4 nitrogen and oxygen atoms in total. The van der Waals surface area contributed by atoms with E-state index >= 15 is 0 Å². The highest BCUT2D eigenvalue weighted by Gasteiger charge is 2.10. The van der Waals surface area contributed by atoms with Gasteiger partial charge in [0.15, 0.2) is 0 Å². The summed E-state index contributed by atoms with van der Waals surface area (Å²) in [5.74, 6) is -0.724. The Balaban J connectivity index is 2.03. The largest absolute Gasteiger partial charge is 0.421 e. The summed E-state index contributed by atoms with van der Waals surface area (Å²) in [7, 11) is 0. The summed E-state index contributed by atoms with van der Waals surface area (Å²) in [4.78, 5) is 0. The van der Waals surface area contributed by atoms with Crippen molar-refractivity contribution in [3.63, 3.8) is 0 Å². The second-order valence-corrected chi connectivity index (χ2v) is 4.12. The maximum absolute atomic E-state index is 13.1. The molecule has 0 radical (unpaired) electrons. The van der Waals surface area contributed by atoms with Crippen LogP contribution in [0.3, 0.4) is 0 Å². The van der Waals surface area contributed by atoms with Crippen LogP contribution in [0.2, 0.25) is 0 Å². The fourth-order valence-corrected chi connectivity index (χ4v) is 1.69. The Morgan fingerprint density at radius 1 is 1.16 bits per heavy atom. The average Bonchev–Trinajstić information content (AvgIpc) is 2.82. The lowest BCUT2D eigenvalue weighted by molar-refractivity contribution is 0.491. The van der Waals surface area contributed by atoms with Crippen molar-refractivity contribution in [3.8, 4) is 11.5 Å². The van der Waals surface area contributed by atoms with Crippen LogP contribution in [0.4, 0.5) is 8.78 Å². The predicted molar refractivity (Wildman–Crippen MR) is 66.5 cm³/mol. The molecular weight excluding hydrogens is 252 g/mol. The Kier molecular flexibility index (Phi) is 4.57. The van der Waals surface area contributed by atoms with Gasteiger partial charge in [-0.25, -0.2) is 8.78 Å².